The van der Waals surface area contributed by atoms with Crippen LogP contribution in [0.2, 0.25) is 0 Å². The maximum atomic E-state index is 12.9. The van der Waals surface area contributed by atoms with Crippen molar-refractivity contribution in [3.8, 4) is 6.07 Å². The summed E-state index contributed by atoms with van der Waals surface area (Å²) >= 11 is 0. The van der Waals surface area contributed by atoms with E-state index in [-0.39, 0.29) is 5.41 Å². The van der Waals surface area contributed by atoms with E-state index in [4.69, 9.17) is 5.26 Å². The lowest BCUT2D eigenvalue weighted by Crippen LogP contribution is -2.49. The molecule has 0 spiro atoms. The Labute approximate surface area is 131 Å². The number of ketones is 1. The predicted octanol–water partition coefficient (Wildman–Crippen LogP) is 4.36. The minimum Gasteiger partial charge on any atom is -0.294 e. The van der Waals surface area contributed by atoms with Gasteiger partial charge in [-0.1, -0.05) is 18.2 Å². The number of hydrogen-bond donors (Lipinski definition) is 0. The van der Waals surface area contributed by atoms with Gasteiger partial charge in [-0.2, -0.15) is 5.26 Å². The summed E-state index contributed by atoms with van der Waals surface area (Å²) < 4.78 is 0. The van der Waals surface area contributed by atoms with Crippen molar-refractivity contribution >= 4 is 11.9 Å². The third-order valence-corrected chi connectivity index (χ3v) is 6.03. The number of allylic oxidation sites excluding steroid dienone is 1. The smallest absolute Gasteiger partial charge is 0.161 e. The van der Waals surface area contributed by atoms with E-state index in [2.05, 4.69) is 6.07 Å². The van der Waals surface area contributed by atoms with Crippen LogP contribution < -0.4 is 0 Å². The minimum absolute atomic E-state index is 0.0438. The Hall–Kier alpha value is -1.88. The molecule has 0 amide bonds. The molecule has 0 aromatic heterocycles. The van der Waals surface area contributed by atoms with Gasteiger partial charge in [-0.15, -0.1) is 0 Å². The van der Waals surface area contributed by atoms with Gasteiger partial charge in [0.2, 0.25) is 0 Å². The molecular formula is C20H21NO. The van der Waals surface area contributed by atoms with Crippen molar-refractivity contribution in [1.82, 2.24) is 0 Å². The molecule has 0 radical (unpaired) electrons. The van der Waals surface area contributed by atoms with E-state index >= 15 is 0 Å². The number of benzene rings is 1. The Balaban J connectivity index is 1.52. The van der Waals surface area contributed by atoms with Crippen LogP contribution in [-0.2, 0) is 4.79 Å². The van der Waals surface area contributed by atoms with Crippen LogP contribution in [0.3, 0.4) is 0 Å². The van der Waals surface area contributed by atoms with E-state index in [9.17, 15) is 4.79 Å². The predicted molar refractivity (Wildman–Crippen MR) is 85.8 cm³/mol. The molecule has 0 saturated heterocycles. The normalized spacial score (nSPS) is 35.7. The second kappa shape index (κ2) is 5.09. The molecule has 5 rings (SSSR count). The monoisotopic (exact) mass is 291 g/mol. The zero-order valence-electron chi connectivity index (χ0n) is 12.8. The lowest BCUT2D eigenvalue weighted by molar-refractivity contribution is -0.138. The van der Waals surface area contributed by atoms with Gasteiger partial charge >= 0.3 is 0 Å². The van der Waals surface area contributed by atoms with Crippen LogP contribution in [0, 0.1) is 34.5 Å². The Morgan fingerprint density at radius 2 is 1.59 bits per heavy atom. The molecule has 0 N–H and O–H groups in total. The van der Waals surface area contributed by atoms with Crippen molar-refractivity contribution in [3.05, 3.63) is 41.5 Å². The van der Waals surface area contributed by atoms with Gasteiger partial charge in [0.15, 0.2) is 5.78 Å². The average molecular weight is 291 g/mol. The maximum Gasteiger partial charge on any atom is 0.161 e. The van der Waals surface area contributed by atoms with Gasteiger partial charge in [-0.25, -0.2) is 0 Å². The summed E-state index contributed by atoms with van der Waals surface area (Å²) in [7, 11) is 0. The van der Waals surface area contributed by atoms with Crippen molar-refractivity contribution in [2.24, 2.45) is 23.2 Å². The molecule has 4 bridgehead atoms. The molecule has 22 heavy (non-hydrogen) atoms. The molecular weight excluding hydrogens is 270 g/mol. The zero-order chi connectivity index (χ0) is 15.2. The highest BCUT2D eigenvalue weighted by atomic mass is 16.1. The second-order valence-electron chi connectivity index (χ2n) is 7.63. The highest BCUT2D eigenvalue weighted by molar-refractivity contribution is 5.98. The minimum atomic E-state index is -0.0438. The molecule has 0 unspecified atom stereocenters. The molecule has 4 aliphatic carbocycles. The number of nitrogens with zero attached hydrogens (tertiary/aromatic N) is 1. The third kappa shape index (κ3) is 2.29. The van der Waals surface area contributed by atoms with Crippen molar-refractivity contribution in [2.75, 3.05) is 0 Å². The van der Waals surface area contributed by atoms with E-state index in [1.165, 1.54) is 19.3 Å². The lowest BCUT2D eigenvalue weighted by Gasteiger charge is -2.55. The second-order valence-corrected chi connectivity index (χ2v) is 7.63. The fraction of sp³-hybridized carbons (Fsp3) is 0.500. The Morgan fingerprint density at radius 3 is 2.09 bits per heavy atom. The van der Waals surface area contributed by atoms with Gasteiger partial charge in [0.1, 0.15) is 0 Å². The number of carbonyl (C=O) groups is 1. The molecule has 4 saturated carbocycles. The van der Waals surface area contributed by atoms with Gasteiger partial charge < -0.3 is 0 Å². The molecule has 0 aliphatic heterocycles. The molecule has 0 heterocycles. The first-order valence-electron chi connectivity index (χ1n) is 8.39. The van der Waals surface area contributed by atoms with Crippen LogP contribution in [-0.4, -0.2) is 5.78 Å². The van der Waals surface area contributed by atoms with Gasteiger partial charge in [0.25, 0.3) is 0 Å². The fourth-order valence-corrected chi connectivity index (χ4v) is 5.43. The number of rotatable bonds is 3. The topological polar surface area (TPSA) is 40.9 Å². The Kier molecular flexibility index (Phi) is 3.18. The summed E-state index contributed by atoms with van der Waals surface area (Å²) in [6, 6.07) is 9.53. The van der Waals surface area contributed by atoms with Crippen molar-refractivity contribution < 1.29 is 4.79 Å². The standard InChI is InChI=1S/C20H21NO/c21-13-15-3-1-14(2-4-15)5-6-19(22)20-10-16-7-17(11-20)9-18(8-16)12-20/h1-6,16-18H,7-12H2. The fourth-order valence-electron chi connectivity index (χ4n) is 5.43. The van der Waals surface area contributed by atoms with E-state index in [0.29, 0.717) is 11.3 Å². The quantitative estimate of drug-likeness (QED) is 0.776. The first-order valence-corrected chi connectivity index (χ1v) is 8.39. The first kappa shape index (κ1) is 13.8. The SMILES string of the molecule is N#Cc1ccc(C=CC(=O)C23CC4CC(CC(C4)C2)C3)cc1. The summed E-state index contributed by atoms with van der Waals surface area (Å²) in [5.74, 6) is 2.76. The summed E-state index contributed by atoms with van der Waals surface area (Å²) in [5.41, 5.74) is 1.61. The summed E-state index contributed by atoms with van der Waals surface area (Å²) in [4.78, 5) is 12.9. The molecule has 1 aromatic carbocycles. The van der Waals surface area contributed by atoms with E-state index in [0.717, 1.165) is 42.6 Å². The largest absolute Gasteiger partial charge is 0.294 e. The summed E-state index contributed by atoms with van der Waals surface area (Å²) in [6.07, 6.45) is 11.2. The van der Waals surface area contributed by atoms with Gasteiger partial charge in [0.05, 0.1) is 11.6 Å². The first-order chi connectivity index (χ1) is 10.7. The van der Waals surface area contributed by atoms with Crippen molar-refractivity contribution in [1.29, 1.82) is 5.26 Å². The van der Waals surface area contributed by atoms with Crippen molar-refractivity contribution in [3.63, 3.8) is 0 Å². The van der Waals surface area contributed by atoms with E-state index in [1.54, 1.807) is 18.2 Å². The van der Waals surface area contributed by atoms with Crippen LogP contribution in [0.1, 0.15) is 49.7 Å². The molecule has 0 atom stereocenters. The number of nitriles is 1. The third-order valence-electron chi connectivity index (χ3n) is 6.03. The molecule has 2 heteroatoms. The Morgan fingerprint density at radius 1 is 1.05 bits per heavy atom. The van der Waals surface area contributed by atoms with Gasteiger partial charge in [-0.3, -0.25) is 4.79 Å². The van der Waals surface area contributed by atoms with E-state index < -0.39 is 0 Å². The van der Waals surface area contributed by atoms with Crippen LogP contribution in [0.5, 0.6) is 0 Å². The maximum absolute atomic E-state index is 12.9. The summed E-state index contributed by atoms with van der Waals surface area (Å²) in [5, 5.41) is 8.82. The zero-order valence-corrected chi connectivity index (χ0v) is 12.8. The van der Waals surface area contributed by atoms with Crippen LogP contribution in [0.15, 0.2) is 30.3 Å². The Bertz CT molecular complexity index is 627. The van der Waals surface area contributed by atoms with Crippen LogP contribution in [0.25, 0.3) is 6.08 Å². The number of hydrogen-bond acceptors (Lipinski definition) is 2. The van der Waals surface area contributed by atoms with Crippen LogP contribution in [0.4, 0.5) is 0 Å². The molecule has 112 valence electrons. The highest BCUT2D eigenvalue weighted by Crippen LogP contribution is 2.60. The van der Waals surface area contributed by atoms with Gasteiger partial charge in [0, 0.05) is 5.41 Å². The van der Waals surface area contributed by atoms with Crippen LogP contribution >= 0.6 is 0 Å². The van der Waals surface area contributed by atoms with Gasteiger partial charge in [-0.05, 0) is 80.1 Å². The molecule has 4 fully saturated rings. The lowest BCUT2D eigenvalue weighted by atomic mass is 9.48. The molecule has 1 aromatic rings. The summed E-state index contributed by atoms with van der Waals surface area (Å²) in [6.45, 7) is 0. The number of carbonyl (C=O) groups excluding carboxylic acids is 1. The molecule has 4 aliphatic rings. The highest BCUT2D eigenvalue weighted by Gasteiger charge is 2.53. The molecule has 2 nitrogen and oxygen atoms in total. The average Bonchev–Trinajstić information content (AvgIpc) is 2.51. The van der Waals surface area contributed by atoms with E-state index in [1.807, 2.05) is 18.2 Å². The van der Waals surface area contributed by atoms with Crippen molar-refractivity contribution in [2.45, 2.75) is 38.5 Å².